The molecule has 0 atom stereocenters. The number of sulfone groups is 1. The van der Waals surface area contributed by atoms with Crippen LogP contribution in [0, 0.1) is 0 Å². The molecule has 14 heavy (non-hydrogen) atoms. The Morgan fingerprint density at radius 2 is 2.00 bits per heavy atom. The molecule has 0 unspecified atom stereocenters. The van der Waals surface area contributed by atoms with Crippen LogP contribution in [0.1, 0.15) is 23.7 Å². The molecule has 0 radical (unpaired) electrons. The van der Waals surface area contributed by atoms with Crippen LogP contribution in [0.2, 0.25) is 0 Å². The van der Waals surface area contributed by atoms with Gasteiger partial charge in [0.1, 0.15) is 0 Å². The number of benzene rings is 1. The minimum Gasteiger partial charge on any atom is -0.294 e. The van der Waals surface area contributed by atoms with Crippen LogP contribution in [0.15, 0.2) is 29.2 Å². The monoisotopic (exact) mass is 212 g/mol. The van der Waals surface area contributed by atoms with Gasteiger partial charge in [-0.2, -0.15) is 0 Å². The number of hydrogen-bond acceptors (Lipinski definition) is 3. The maximum absolute atomic E-state index is 11.3. The summed E-state index contributed by atoms with van der Waals surface area (Å²) in [5, 5.41) is 0. The summed E-state index contributed by atoms with van der Waals surface area (Å²) in [4.78, 5) is 11.5. The van der Waals surface area contributed by atoms with Gasteiger partial charge in [-0.1, -0.05) is 19.1 Å². The van der Waals surface area contributed by atoms with Crippen molar-refractivity contribution in [1.29, 1.82) is 0 Å². The van der Waals surface area contributed by atoms with E-state index in [0.717, 1.165) is 6.26 Å². The lowest BCUT2D eigenvalue weighted by Gasteiger charge is -2.01. The summed E-state index contributed by atoms with van der Waals surface area (Å²) in [5.74, 6) is -0.0458. The molecule has 4 heteroatoms. The van der Waals surface area contributed by atoms with Gasteiger partial charge in [-0.05, 0) is 12.1 Å². The van der Waals surface area contributed by atoms with Crippen LogP contribution in [0.4, 0.5) is 0 Å². The molecule has 1 rings (SSSR count). The van der Waals surface area contributed by atoms with E-state index in [1.165, 1.54) is 12.1 Å². The van der Waals surface area contributed by atoms with E-state index in [0.29, 0.717) is 12.0 Å². The van der Waals surface area contributed by atoms with Crippen molar-refractivity contribution in [3.8, 4) is 0 Å². The molecular weight excluding hydrogens is 200 g/mol. The van der Waals surface area contributed by atoms with E-state index >= 15 is 0 Å². The predicted molar refractivity (Wildman–Crippen MR) is 54.2 cm³/mol. The Morgan fingerprint density at radius 3 is 2.50 bits per heavy atom. The molecule has 0 N–H and O–H groups in total. The number of ketones is 1. The first-order valence-electron chi connectivity index (χ1n) is 4.28. The predicted octanol–water partition coefficient (Wildman–Crippen LogP) is 1.68. The molecule has 3 nitrogen and oxygen atoms in total. The van der Waals surface area contributed by atoms with Gasteiger partial charge in [-0.25, -0.2) is 8.42 Å². The van der Waals surface area contributed by atoms with Crippen molar-refractivity contribution in [2.45, 2.75) is 18.2 Å². The number of carbonyl (C=O) groups is 1. The lowest BCUT2D eigenvalue weighted by Crippen LogP contribution is -2.01. The Balaban J connectivity index is 3.21. The molecule has 0 aromatic heterocycles. The SMILES string of the molecule is CCC(=O)c1cccc(S(C)(=O)=O)c1. The average Bonchev–Trinajstić information content (AvgIpc) is 2.15. The first-order chi connectivity index (χ1) is 6.45. The number of hydrogen-bond donors (Lipinski definition) is 0. The summed E-state index contributed by atoms with van der Waals surface area (Å²) < 4.78 is 22.4. The Morgan fingerprint density at radius 1 is 1.36 bits per heavy atom. The van der Waals surface area contributed by atoms with Gasteiger partial charge in [0, 0.05) is 18.2 Å². The third-order valence-corrected chi connectivity index (χ3v) is 3.02. The minimum absolute atomic E-state index is 0.0458. The third-order valence-electron chi connectivity index (χ3n) is 1.91. The van der Waals surface area contributed by atoms with Crippen LogP contribution >= 0.6 is 0 Å². The van der Waals surface area contributed by atoms with Crippen LogP contribution in [-0.2, 0) is 9.84 Å². The quantitative estimate of drug-likeness (QED) is 0.716. The molecule has 0 aliphatic carbocycles. The van der Waals surface area contributed by atoms with Gasteiger partial charge in [-0.3, -0.25) is 4.79 Å². The van der Waals surface area contributed by atoms with Gasteiger partial charge in [-0.15, -0.1) is 0 Å². The molecule has 1 aromatic carbocycles. The van der Waals surface area contributed by atoms with Gasteiger partial charge >= 0.3 is 0 Å². The first-order valence-corrected chi connectivity index (χ1v) is 6.17. The molecule has 76 valence electrons. The van der Waals surface area contributed by atoms with Crippen LogP contribution < -0.4 is 0 Å². The van der Waals surface area contributed by atoms with Gasteiger partial charge < -0.3 is 0 Å². The van der Waals surface area contributed by atoms with Gasteiger partial charge in [0.2, 0.25) is 0 Å². The molecular formula is C10H12O3S. The highest BCUT2D eigenvalue weighted by Gasteiger charge is 2.09. The fourth-order valence-electron chi connectivity index (χ4n) is 1.10. The van der Waals surface area contributed by atoms with Gasteiger partial charge in [0.15, 0.2) is 15.6 Å². The molecule has 0 fully saturated rings. The Hall–Kier alpha value is -1.16. The molecule has 0 bridgehead atoms. The Kier molecular flexibility index (Phi) is 3.06. The van der Waals surface area contributed by atoms with E-state index in [1.807, 2.05) is 0 Å². The van der Waals surface area contributed by atoms with E-state index in [4.69, 9.17) is 0 Å². The van der Waals surface area contributed by atoms with Crippen LogP contribution in [-0.4, -0.2) is 20.5 Å². The molecule has 1 aromatic rings. The molecule has 0 spiro atoms. The molecule has 0 heterocycles. The zero-order valence-electron chi connectivity index (χ0n) is 8.15. The highest BCUT2D eigenvalue weighted by molar-refractivity contribution is 7.90. The highest BCUT2D eigenvalue weighted by atomic mass is 32.2. The van der Waals surface area contributed by atoms with E-state index in [2.05, 4.69) is 0 Å². The van der Waals surface area contributed by atoms with Gasteiger partial charge in [0.05, 0.1) is 4.90 Å². The summed E-state index contributed by atoms with van der Waals surface area (Å²) >= 11 is 0. The Labute approximate surface area is 83.7 Å². The minimum atomic E-state index is -3.22. The summed E-state index contributed by atoms with van der Waals surface area (Å²) in [6.07, 6.45) is 1.51. The molecule has 0 amide bonds. The summed E-state index contributed by atoms with van der Waals surface area (Å²) in [7, 11) is -3.22. The summed E-state index contributed by atoms with van der Waals surface area (Å²) in [6, 6.07) is 6.11. The van der Waals surface area contributed by atoms with Crippen LogP contribution in [0.25, 0.3) is 0 Å². The topological polar surface area (TPSA) is 51.2 Å². The van der Waals surface area contributed by atoms with Crippen LogP contribution in [0.5, 0.6) is 0 Å². The van der Waals surface area contributed by atoms with Crippen molar-refractivity contribution >= 4 is 15.6 Å². The normalized spacial score (nSPS) is 11.3. The molecule has 0 saturated heterocycles. The maximum atomic E-state index is 11.3. The van der Waals surface area contributed by atoms with Crippen molar-refractivity contribution < 1.29 is 13.2 Å². The number of rotatable bonds is 3. The fraction of sp³-hybridized carbons (Fsp3) is 0.300. The average molecular weight is 212 g/mol. The number of Topliss-reactive ketones (excluding diaryl/α,β-unsaturated/α-hetero) is 1. The van der Waals surface area contributed by atoms with E-state index in [1.54, 1.807) is 19.1 Å². The highest BCUT2D eigenvalue weighted by Crippen LogP contribution is 2.12. The zero-order chi connectivity index (χ0) is 10.8. The van der Waals surface area contributed by atoms with E-state index in [-0.39, 0.29) is 10.7 Å². The van der Waals surface area contributed by atoms with Crippen molar-refractivity contribution in [3.63, 3.8) is 0 Å². The smallest absolute Gasteiger partial charge is 0.175 e. The van der Waals surface area contributed by atoms with Crippen molar-refractivity contribution in [3.05, 3.63) is 29.8 Å². The second kappa shape index (κ2) is 3.92. The summed E-state index contributed by atoms with van der Waals surface area (Å²) in [6.45, 7) is 1.75. The fourth-order valence-corrected chi connectivity index (χ4v) is 1.77. The zero-order valence-corrected chi connectivity index (χ0v) is 8.97. The van der Waals surface area contributed by atoms with Crippen molar-refractivity contribution in [2.75, 3.05) is 6.26 Å². The second-order valence-electron chi connectivity index (χ2n) is 3.08. The Bertz CT molecular complexity index is 446. The van der Waals surface area contributed by atoms with Crippen molar-refractivity contribution in [2.24, 2.45) is 0 Å². The molecule has 0 saturated carbocycles. The van der Waals surface area contributed by atoms with Crippen molar-refractivity contribution in [1.82, 2.24) is 0 Å². The first kappa shape index (κ1) is 10.9. The van der Waals surface area contributed by atoms with Crippen LogP contribution in [0.3, 0.4) is 0 Å². The molecule has 0 aliphatic heterocycles. The standard InChI is InChI=1S/C10H12O3S/c1-3-10(11)8-5-4-6-9(7-8)14(2,12)13/h4-7H,3H2,1-2H3. The summed E-state index contributed by atoms with van der Waals surface area (Å²) in [5.41, 5.74) is 0.454. The second-order valence-corrected chi connectivity index (χ2v) is 5.09. The molecule has 0 aliphatic rings. The van der Waals surface area contributed by atoms with Gasteiger partial charge in [0.25, 0.3) is 0 Å². The lowest BCUT2D eigenvalue weighted by molar-refractivity contribution is 0.0988. The maximum Gasteiger partial charge on any atom is 0.175 e. The third kappa shape index (κ3) is 2.42. The van der Waals surface area contributed by atoms with E-state index < -0.39 is 9.84 Å². The lowest BCUT2D eigenvalue weighted by atomic mass is 10.1. The number of carbonyl (C=O) groups excluding carboxylic acids is 1. The van der Waals surface area contributed by atoms with E-state index in [9.17, 15) is 13.2 Å². The largest absolute Gasteiger partial charge is 0.294 e.